The second-order valence-corrected chi connectivity index (χ2v) is 4.69. The number of aromatic nitrogens is 1. The van der Waals surface area contributed by atoms with Gasteiger partial charge in [-0.25, -0.2) is 4.79 Å². The van der Waals surface area contributed by atoms with E-state index in [2.05, 4.69) is 15.6 Å². The van der Waals surface area contributed by atoms with Gasteiger partial charge in [-0.2, -0.15) is 4.98 Å². The Morgan fingerprint density at radius 2 is 1.52 bits per heavy atom. The zero-order valence-electron chi connectivity index (χ0n) is 11.0. The van der Waals surface area contributed by atoms with Crippen LogP contribution in [0.3, 0.4) is 0 Å². The zero-order valence-corrected chi connectivity index (χ0v) is 11.0. The van der Waals surface area contributed by atoms with Gasteiger partial charge in [-0.15, -0.1) is 0 Å². The molecule has 0 bridgehead atoms. The highest BCUT2D eigenvalue weighted by molar-refractivity contribution is 5.93. The molecule has 0 spiro atoms. The predicted molar refractivity (Wildman–Crippen MR) is 81.2 cm³/mol. The maximum atomic E-state index is 11.7. The molecule has 3 aromatic rings. The molecule has 2 aromatic carbocycles. The summed E-state index contributed by atoms with van der Waals surface area (Å²) in [4.78, 5) is 15.6. The molecule has 0 atom stereocenters. The number of anilines is 4. The van der Waals surface area contributed by atoms with E-state index in [0.29, 0.717) is 17.3 Å². The fourth-order valence-electron chi connectivity index (χ4n) is 2.38. The third-order valence-electron chi connectivity index (χ3n) is 3.33. The molecule has 5 heteroatoms. The van der Waals surface area contributed by atoms with Crippen molar-refractivity contribution in [1.29, 1.82) is 0 Å². The SMILES string of the molecule is O=c1nc2c(c(-c3ccccc3)o1)Nc1ccccc1N2. The zero-order chi connectivity index (χ0) is 14.2. The molecule has 1 aliphatic heterocycles. The Balaban J connectivity index is 1.93. The number of hydrogen-bond acceptors (Lipinski definition) is 5. The normalized spacial score (nSPS) is 11.8. The van der Waals surface area contributed by atoms with E-state index < -0.39 is 5.76 Å². The molecule has 0 fully saturated rings. The summed E-state index contributed by atoms with van der Waals surface area (Å²) in [5, 5.41) is 6.43. The van der Waals surface area contributed by atoms with Crippen LogP contribution in [0, 0.1) is 0 Å². The van der Waals surface area contributed by atoms with Crippen molar-refractivity contribution in [1.82, 2.24) is 4.98 Å². The van der Waals surface area contributed by atoms with Gasteiger partial charge in [0.1, 0.15) is 5.69 Å². The van der Waals surface area contributed by atoms with E-state index in [1.165, 1.54) is 0 Å². The summed E-state index contributed by atoms with van der Waals surface area (Å²) in [7, 11) is 0. The molecule has 0 amide bonds. The van der Waals surface area contributed by atoms with Gasteiger partial charge in [0.05, 0.1) is 11.4 Å². The van der Waals surface area contributed by atoms with Crippen molar-refractivity contribution in [3.8, 4) is 11.3 Å². The van der Waals surface area contributed by atoms with Crippen molar-refractivity contribution in [3.05, 3.63) is 65.1 Å². The van der Waals surface area contributed by atoms with E-state index in [4.69, 9.17) is 4.42 Å². The quantitative estimate of drug-likeness (QED) is 0.557. The van der Waals surface area contributed by atoms with Crippen LogP contribution in [0.25, 0.3) is 11.3 Å². The molecule has 2 N–H and O–H groups in total. The predicted octanol–water partition coefficient (Wildman–Crippen LogP) is 3.50. The van der Waals surface area contributed by atoms with Crippen molar-refractivity contribution in [2.24, 2.45) is 0 Å². The fourth-order valence-corrected chi connectivity index (χ4v) is 2.38. The fraction of sp³-hybridized carbons (Fsp3) is 0. The standard InChI is InChI=1S/C16H11N3O2/c20-16-19-15-13(14(21-16)10-6-2-1-3-7-10)17-11-8-4-5-9-12(11)18-15/h1-9,17H,(H,18,19,20). The summed E-state index contributed by atoms with van der Waals surface area (Å²) in [6.45, 7) is 0. The minimum atomic E-state index is -0.624. The van der Waals surface area contributed by atoms with Crippen LogP contribution in [-0.4, -0.2) is 4.98 Å². The maximum Gasteiger partial charge on any atom is 0.441 e. The van der Waals surface area contributed by atoms with E-state index in [1.54, 1.807) is 0 Å². The Kier molecular flexibility index (Phi) is 2.50. The van der Waals surface area contributed by atoms with Crippen LogP contribution in [0.4, 0.5) is 22.9 Å². The first-order valence-electron chi connectivity index (χ1n) is 6.55. The maximum absolute atomic E-state index is 11.7. The number of benzene rings is 2. The van der Waals surface area contributed by atoms with Gasteiger partial charge in [0, 0.05) is 5.56 Å². The summed E-state index contributed by atoms with van der Waals surface area (Å²) >= 11 is 0. The minimum absolute atomic E-state index is 0.476. The molecular formula is C16H11N3O2. The third-order valence-corrected chi connectivity index (χ3v) is 3.33. The minimum Gasteiger partial charge on any atom is -0.406 e. The molecule has 4 rings (SSSR count). The molecule has 0 radical (unpaired) electrons. The number of fused-ring (bicyclic) bond motifs is 2. The van der Waals surface area contributed by atoms with Crippen LogP contribution in [0.1, 0.15) is 0 Å². The van der Waals surface area contributed by atoms with Gasteiger partial charge in [-0.3, -0.25) is 0 Å². The number of para-hydroxylation sites is 2. The third kappa shape index (κ3) is 1.95. The molecular weight excluding hydrogens is 266 g/mol. The Morgan fingerprint density at radius 3 is 2.29 bits per heavy atom. The van der Waals surface area contributed by atoms with Crippen LogP contribution in [0.15, 0.2) is 63.8 Å². The van der Waals surface area contributed by atoms with Crippen LogP contribution < -0.4 is 16.4 Å². The number of hydrogen-bond donors (Lipinski definition) is 2. The van der Waals surface area contributed by atoms with Gasteiger partial charge in [0.15, 0.2) is 11.6 Å². The second-order valence-electron chi connectivity index (χ2n) is 4.69. The van der Waals surface area contributed by atoms with Crippen molar-refractivity contribution in [2.75, 3.05) is 10.6 Å². The van der Waals surface area contributed by atoms with Gasteiger partial charge in [0.2, 0.25) is 0 Å². The van der Waals surface area contributed by atoms with Gasteiger partial charge in [-0.05, 0) is 12.1 Å². The summed E-state index contributed by atoms with van der Waals surface area (Å²) < 4.78 is 5.31. The monoisotopic (exact) mass is 277 g/mol. The number of nitrogens with zero attached hydrogens (tertiary/aromatic N) is 1. The Hall–Kier alpha value is -3.08. The second kappa shape index (κ2) is 4.49. The van der Waals surface area contributed by atoms with Crippen molar-refractivity contribution in [3.63, 3.8) is 0 Å². The Bertz CT molecular complexity index is 872. The highest BCUT2D eigenvalue weighted by Crippen LogP contribution is 2.41. The van der Waals surface area contributed by atoms with Gasteiger partial charge < -0.3 is 15.1 Å². The first-order valence-corrected chi connectivity index (χ1v) is 6.55. The van der Waals surface area contributed by atoms with Crippen LogP contribution >= 0.6 is 0 Å². The van der Waals surface area contributed by atoms with Crippen molar-refractivity contribution < 1.29 is 4.42 Å². The van der Waals surface area contributed by atoms with Crippen LogP contribution in [0.5, 0.6) is 0 Å². The smallest absolute Gasteiger partial charge is 0.406 e. The molecule has 5 nitrogen and oxygen atoms in total. The highest BCUT2D eigenvalue weighted by Gasteiger charge is 2.21. The molecule has 2 heterocycles. The molecule has 0 unspecified atom stereocenters. The lowest BCUT2D eigenvalue weighted by molar-refractivity contribution is 0.501. The lowest BCUT2D eigenvalue weighted by Crippen LogP contribution is -2.15. The summed E-state index contributed by atoms with van der Waals surface area (Å²) in [5.41, 5.74) is 3.28. The van der Waals surface area contributed by atoms with E-state index in [9.17, 15) is 4.79 Å². The van der Waals surface area contributed by atoms with Gasteiger partial charge in [-0.1, -0.05) is 42.5 Å². The lowest BCUT2D eigenvalue weighted by atomic mass is 10.1. The van der Waals surface area contributed by atoms with E-state index in [1.807, 2.05) is 54.6 Å². The van der Waals surface area contributed by atoms with E-state index in [0.717, 1.165) is 16.9 Å². The average Bonchev–Trinajstić information content (AvgIpc) is 2.53. The first kappa shape index (κ1) is 11.7. The average molecular weight is 277 g/mol. The molecule has 1 aliphatic rings. The van der Waals surface area contributed by atoms with Gasteiger partial charge >= 0.3 is 5.76 Å². The lowest BCUT2D eigenvalue weighted by Gasteiger charge is -2.22. The summed E-state index contributed by atoms with van der Waals surface area (Å²) in [6.07, 6.45) is 0. The molecule has 0 saturated carbocycles. The summed E-state index contributed by atoms with van der Waals surface area (Å²) in [6, 6.07) is 17.2. The van der Waals surface area contributed by atoms with Gasteiger partial charge in [0.25, 0.3) is 0 Å². The van der Waals surface area contributed by atoms with Crippen molar-refractivity contribution in [2.45, 2.75) is 0 Å². The molecule has 0 saturated heterocycles. The molecule has 21 heavy (non-hydrogen) atoms. The van der Waals surface area contributed by atoms with Crippen LogP contribution in [-0.2, 0) is 0 Å². The van der Waals surface area contributed by atoms with Crippen molar-refractivity contribution >= 4 is 22.9 Å². The molecule has 0 aliphatic carbocycles. The Morgan fingerprint density at radius 1 is 0.857 bits per heavy atom. The first-order chi connectivity index (χ1) is 10.3. The molecule has 1 aromatic heterocycles. The number of nitrogens with one attached hydrogen (secondary N) is 2. The van der Waals surface area contributed by atoms with E-state index >= 15 is 0 Å². The number of rotatable bonds is 1. The van der Waals surface area contributed by atoms with E-state index in [-0.39, 0.29) is 0 Å². The molecule has 102 valence electrons. The highest BCUT2D eigenvalue weighted by atomic mass is 16.4. The largest absolute Gasteiger partial charge is 0.441 e. The topological polar surface area (TPSA) is 67.2 Å². The Labute approximate surface area is 120 Å². The van der Waals surface area contributed by atoms with Crippen LogP contribution in [0.2, 0.25) is 0 Å². The summed E-state index contributed by atoms with van der Waals surface area (Å²) in [5.74, 6) is 0.331.